The van der Waals surface area contributed by atoms with E-state index in [-0.39, 0.29) is 11.5 Å². The van der Waals surface area contributed by atoms with Crippen molar-refractivity contribution < 1.29 is 9.18 Å². The van der Waals surface area contributed by atoms with Gasteiger partial charge < -0.3 is 5.32 Å². The van der Waals surface area contributed by atoms with Gasteiger partial charge >= 0.3 is 0 Å². The zero-order valence-corrected chi connectivity index (χ0v) is 10.4. The lowest BCUT2D eigenvalue weighted by Crippen LogP contribution is -2.25. The molecule has 1 heterocycles. The molecule has 0 unspecified atom stereocenters. The lowest BCUT2D eigenvalue weighted by Gasteiger charge is -2.06. The number of nitrogens with zero attached hydrogens (tertiary/aromatic N) is 1. The van der Waals surface area contributed by atoms with Crippen molar-refractivity contribution in [1.29, 1.82) is 0 Å². The monoisotopic (exact) mass is 238 g/mol. The number of halogens is 1. The van der Waals surface area contributed by atoms with E-state index < -0.39 is 5.82 Å². The maximum absolute atomic E-state index is 13.2. The van der Waals surface area contributed by atoms with Gasteiger partial charge in [0.25, 0.3) is 5.91 Å². The van der Waals surface area contributed by atoms with Gasteiger partial charge in [-0.3, -0.25) is 9.78 Å². The molecule has 0 saturated heterocycles. The quantitative estimate of drug-likeness (QED) is 0.774. The predicted molar refractivity (Wildman–Crippen MR) is 65.2 cm³/mol. The van der Waals surface area contributed by atoms with Crippen LogP contribution in [0.4, 0.5) is 4.39 Å². The van der Waals surface area contributed by atoms with Crippen LogP contribution in [0, 0.1) is 11.7 Å². The van der Waals surface area contributed by atoms with Crippen molar-refractivity contribution in [2.75, 3.05) is 6.54 Å². The van der Waals surface area contributed by atoms with Crippen LogP contribution < -0.4 is 5.32 Å². The lowest BCUT2D eigenvalue weighted by molar-refractivity contribution is 0.0948. The standard InChI is InChI=1S/C13H19FN2O/c1-10(2)5-3-4-7-16-13(17)11-6-8-15-9-12(11)14/h6,8-10H,3-5,7H2,1-2H3,(H,16,17). The van der Waals surface area contributed by atoms with E-state index in [0.717, 1.165) is 25.5 Å². The first kappa shape index (κ1) is 13.6. The normalized spacial score (nSPS) is 10.6. The Hall–Kier alpha value is -1.45. The van der Waals surface area contributed by atoms with Crippen LogP contribution >= 0.6 is 0 Å². The maximum Gasteiger partial charge on any atom is 0.254 e. The van der Waals surface area contributed by atoms with Crippen molar-refractivity contribution in [3.63, 3.8) is 0 Å². The van der Waals surface area contributed by atoms with E-state index in [1.807, 2.05) is 0 Å². The Morgan fingerprint density at radius 3 is 2.88 bits per heavy atom. The molecule has 1 rings (SSSR count). The molecule has 0 aliphatic carbocycles. The molecule has 1 aromatic rings. The summed E-state index contributed by atoms with van der Waals surface area (Å²) in [6, 6.07) is 1.39. The number of pyridine rings is 1. The van der Waals surface area contributed by atoms with Crippen molar-refractivity contribution in [3.05, 3.63) is 29.8 Å². The van der Waals surface area contributed by atoms with E-state index >= 15 is 0 Å². The second-order valence-corrected chi connectivity index (χ2v) is 4.50. The third-order valence-electron chi connectivity index (χ3n) is 2.51. The Kier molecular flexibility index (Phi) is 5.60. The minimum atomic E-state index is -0.577. The highest BCUT2D eigenvalue weighted by molar-refractivity contribution is 5.94. The minimum absolute atomic E-state index is 0.0591. The van der Waals surface area contributed by atoms with Crippen molar-refractivity contribution in [2.45, 2.75) is 33.1 Å². The fraction of sp³-hybridized carbons (Fsp3) is 0.538. The molecule has 0 fully saturated rings. The molecule has 4 heteroatoms. The summed E-state index contributed by atoms with van der Waals surface area (Å²) in [5.41, 5.74) is 0.0591. The van der Waals surface area contributed by atoms with Crippen LogP contribution in [0.5, 0.6) is 0 Å². The lowest BCUT2D eigenvalue weighted by atomic mass is 10.1. The first-order valence-electron chi connectivity index (χ1n) is 5.99. The van der Waals surface area contributed by atoms with E-state index in [9.17, 15) is 9.18 Å². The first-order valence-corrected chi connectivity index (χ1v) is 5.99. The van der Waals surface area contributed by atoms with Crippen molar-refractivity contribution in [1.82, 2.24) is 10.3 Å². The van der Waals surface area contributed by atoms with E-state index in [1.165, 1.54) is 12.3 Å². The Morgan fingerprint density at radius 2 is 2.24 bits per heavy atom. The highest BCUT2D eigenvalue weighted by Gasteiger charge is 2.09. The SMILES string of the molecule is CC(C)CCCCNC(=O)c1ccncc1F. The summed E-state index contributed by atoms with van der Waals surface area (Å²) in [6.07, 6.45) is 5.62. The summed E-state index contributed by atoms with van der Waals surface area (Å²) < 4.78 is 13.2. The summed E-state index contributed by atoms with van der Waals surface area (Å²) in [5.74, 6) is -0.259. The predicted octanol–water partition coefficient (Wildman–Crippen LogP) is 2.78. The summed E-state index contributed by atoms with van der Waals surface area (Å²) in [4.78, 5) is 15.2. The largest absolute Gasteiger partial charge is 0.352 e. The van der Waals surface area contributed by atoms with Crippen LogP contribution in [0.2, 0.25) is 0 Å². The van der Waals surface area contributed by atoms with Crippen LogP contribution in [-0.2, 0) is 0 Å². The number of unbranched alkanes of at least 4 members (excludes halogenated alkanes) is 1. The fourth-order valence-electron chi connectivity index (χ4n) is 1.53. The average molecular weight is 238 g/mol. The first-order chi connectivity index (χ1) is 8.11. The molecule has 94 valence electrons. The van der Waals surface area contributed by atoms with E-state index in [0.29, 0.717) is 12.5 Å². The summed E-state index contributed by atoms with van der Waals surface area (Å²) in [6.45, 7) is 4.93. The zero-order chi connectivity index (χ0) is 12.7. The Bertz CT molecular complexity index is 366. The summed E-state index contributed by atoms with van der Waals surface area (Å²) >= 11 is 0. The molecular weight excluding hydrogens is 219 g/mol. The van der Waals surface area contributed by atoms with E-state index in [1.54, 1.807) is 0 Å². The van der Waals surface area contributed by atoms with Gasteiger partial charge in [0.15, 0.2) is 5.82 Å². The molecule has 0 aliphatic heterocycles. The van der Waals surface area contributed by atoms with Gasteiger partial charge in [-0.25, -0.2) is 4.39 Å². The molecule has 0 aromatic carbocycles. The number of rotatable bonds is 6. The van der Waals surface area contributed by atoms with Crippen molar-refractivity contribution >= 4 is 5.91 Å². The molecule has 0 aliphatic rings. The van der Waals surface area contributed by atoms with Gasteiger partial charge in [0.05, 0.1) is 11.8 Å². The summed E-state index contributed by atoms with van der Waals surface area (Å²) in [7, 11) is 0. The van der Waals surface area contributed by atoms with Gasteiger partial charge in [-0.05, 0) is 18.4 Å². The molecule has 0 saturated carbocycles. The molecule has 0 bridgehead atoms. The van der Waals surface area contributed by atoms with Gasteiger partial charge in [-0.1, -0.05) is 26.7 Å². The van der Waals surface area contributed by atoms with Crippen LogP contribution in [0.15, 0.2) is 18.5 Å². The number of hydrogen-bond donors (Lipinski definition) is 1. The zero-order valence-electron chi connectivity index (χ0n) is 10.4. The highest BCUT2D eigenvalue weighted by atomic mass is 19.1. The smallest absolute Gasteiger partial charge is 0.254 e. The Morgan fingerprint density at radius 1 is 1.47 bits per heavy atom. The molecule has 0 atom stereocenters. The third kappa shape index (κ3) is 4.93. The summed E-state index contributed by atoms with van der Waals surface area (Å²) in [5, 5.41) is 2.71. The van der Waals surface area contributed by atoms with Gasteiger partial charge in [0, 0.05) is 12.7 Å². The van der Waals surface area contributed by atoms with Gasteiger partial charge in [0.2, 0.25) is 0 Å². The van der Waals surface area contributed by atoms with Gasteiger partial charge in [-0.15, -0.1) is 0 Å². The van der Waals surface area contributed by atoms with Crippen LogP contribution in [0.1, 0.15) is 43.5 Å². The van der Waals surface area contributed by atoms with E-state index in [4.69, 9.17) is 0 Å². The van der Waals surface area contributed by atoms with Gasteiger partial charge in [-0.2, -0.15) is 0 Å². The number of nitrogens with one attached hydrogen (secondary N) is 1. The Balaban J connectivity index is 2.29. The Labute approximate surface area is 101 Å². The third-order valence-corrected chi connectivity index (χ3v) is 2.51. The van der Waals surface area contributed by atoms with Crippen LogP contribution in [0.25, 0.3) is 0 Å². The molecule has 1 N–H and O–H groups in total. The molecule has 0 radical (unpaired) electrons. The molecule has 1 amide bonds. The van der Waals surface area contributed by atoms with Crippen LogP contribution in [-0.4, -0.2) is 17.4 Å². The highest BCUT2D eigenvalue weighted by Crippen LogP contribution is 2.06. The van der Waals surface area contributed by atoms with Crippen molar-refractivity contribution in [2.24, 2.45) is 5.92 Å². The topological polar surface area (TPSA) is 42.0 Å². The number of carbonyl (C=O) groups excluding carboxylic acids is 1. The average Bonchev–Trinajstić information content (AvgIpc) is 2.28. The molecule has 1 aromatic heterocycles. The maximum atomic E-state index is 13.2. The second kappa shape index (κ2) is 6.99. The number of aromatic nitrogens is 1. The van der Waals surface area contributed by atoms with E-state index in [2.05, 4.69) is 24.1 Å². The van der Waals surface area contributed by atoms with Crippen molar-refractivity contribution in [3.8, 4) is 0 Å². The second-order valence-electron chi connectivity index (χ2n) is 4.50. The van der Waals surface area contributed by atoms with Gasteiger partial charge in [0.1, 0.15) is 0 Å². The molecule has 17 heavy (non-hydrogen) atoms. The number of amides is 1. The number of hydrogen-bond acceptors (Lipinski definition) is 2. The molecule has 0 spiro atoms. The molecular formula is C13H19FN2O. The van der Waals surface area contributed by atoms with Crippen LogP contribution in [0.3, 0.4) is 0 Å². The number of carbonyl (C=O) groups is 1. The fourth-order valence-corrected chi connectivity index (χ4v) is 1.53. The molecule has 3 nitrogen and oxygen atoms in total. The minimum Gasteiger partial charge on any atom is -0.352 e.